The summed E-state index contributed by atoms with van der Waals surface area (Å²) in [4.78, 5) is 11.3. The van der Waals surface area contributed by atoms with Crippen molar-refractivity contribution in [1.82, 2.24) is 0 Å². The lowest BCUT2D eigenvalue weighted by molar-refractivity contribution is -0.166. The number of ether oxygens (including phenoxy) is 3. The van der Waals surface area contributed by atoms with Crippen LogP contribution >= 0.6 is 0 Å². The number of allylic oxidation sites excluding steroid dienone is 3. The van der Waals surface area contributed by atoms with Gasteiger partial charge in [-0.3, -0.25) is 4.79 Å². The zero-order valence-electron chi connectivity index (χ0n) is 15.2. The molecule has 0 amide bonds. The molecule has 0 saturated heterocycles. The first-order chi connectivity index (χ1) is 11.5. The van der Waals surface area contributed by atoms with E-state index < -0.39 is 0 Å². The van der Waals surface area contributed by atoms with Crippen LogP contribution in [0.25, 0.3) is 0 Å². The first kappa shape index (κ1) is 18.9. The van der Waals surface area contributed by atoms with E-state index in [1.54, 1.807) is 6.08 Å². The van der Waals surface area contributed by atoms with Crippen molar-refractivity contribution in [2.45, 2.75) is 52.7 Å². The summed E-state index contributed by atoms with van der Waals surface area (Å²) in [5.74, 6) is 1.50. The molecule has 2 rings (SSSR count). The molecule has 2 aliphatic carbocycles. The monoisotopic (exact) mass is 334 g/mol. The van der Waals surface area contributed by atoms with E-state index in [1.807, 2.05) is 13.8 Å². The Morgan fingerprint density at radius 1 is 1.25 bits per heavy atom. The van der Waals surface area contributed by atoms with Crippen LogP contribution in [0.15, 0.2) is 35.6 Å². The Kier molecular flexibility index (Phi) is 7.25. The minimum absolute atomic E-state index is 0.161. The maximum absolute atomic E-state index is 11.3. The van der Waals surface area contributed by atoms with E-state index in [0.717, 1.165) is 25.0 Å². The summed E-state index contributed by atoms with van der Waals surface area (Å²) in [5, 5.41) is 0. The van der Waals surface area contributed by atoms with Gasteiger partial charge < -0.3 is 14.2 Å². The number of rotatable bonds is 9. The molecule has 0 aliphatic heterocycles. The number of ketones is 1. The third-order valence-electron chi connectivity index (χ3n) is 4.66. The Labute approximate surface area is 145 Å². The smallest absolute Gasteiger partial charge is 0.164 e. The van der Waals surface area contributed by atoms with E-state index in [1.165, 1.54) is 11.1 Å². The second kappa shape index (κ2) is 9.19. The van der Waals surface area contributed by atoms with Crippen LogP contribution in [-0.4, -0.2) is 31.9 Å². The fourth-order valence-corrected chi connectivity index (χ4v) is 3.44. The van der Waals surface area contributed by atoms with Crippen molar-refractivity contribution in [2.24, 2.45) is 11.8 Å². The zero-order valence-corrected chi connectivity index (χ0v) is 15.2. The highest BCUT2D eigenvalue weighted by molar-refractivity contribution is 5.92. The molecule has 1 unspecified atom stereocenters. The fraction of sp³-hybridized carbons (Fsp3) is 0.650. The molecule has 24 heavy (non-hydrogen) atoms. The third kappa shape index (κ3) is 5.05. The molecule has 0 bridgehead atoms. The SMILES string of the molecule is C=C(C)[C@H]1CCC(COC2=CC(=O)CC2)=CC1C(OCC)OCC. The van der Waals surface area contributed by atoms with Crippen LogP contribution in [0.3, 0.4) is 0 Å². The van der Waals surface area contributed by atoms with Crippen LogP contribution < -0.4 is 0 Å². The normalized spacial score (nSPS) is 24.1. The lowest BCUT2D eigenvalue weighted by Gasteiger charge is -2.35. The Morgan fingerprint density at radius 3 is 2.50 bits per heavy atom. The quantitative estimate of drug-likeness (QED) is 0.469. The van der Waals surface area contributed by atoms with Crippen molar-refractivity contribution in [2.75, 3.05) is 19.8 Å². The number of hydrogen-bond acceptors (Lipinski definition) is 4. The highest BCUT2D eigenvalue weighted by atomic mass is 16.7. The van der Waals surface area contributed by atoms with Crippen molar-refractivity contribution in [3.05, 3.63) is 35.6 Å². The molecule has 0 aromatic carbocycles. The first-order valence-electron chi connectivity index (χ1n) is 8.99. The van der Waals surface area contributed by atoms with Crippen LogP contribution in [0.5, 0.6) is 0 Å². The highest BCUT2D eigenvalue weighted by Gasteiger charge is 2.33. The van der Waals surface area contributed by atoms with Crippen LogP contribution in [0.2, 0.25) is 0 Å². The van der Waals surface area contributed by atoms with Gasteiger partial charge in [-0.25, -0.2) is 0 Å². The van der Waals surface area contributed by atoms with Gasteiger partial charge in [-0.2, -0.15) is 0 Å². The molecule has 0 N–H and O–H groups in total. The molecule has 0 radical (unpaired) electrons. The van der Waals surface area contributed by atoms with Gasteiger partial charge in [0.05, 0.1) is 0 Å². The summed E-state index contributed by atoms with van der Waals surface area (Å²) in [6.45, 7) is 12.0. The highest BCUT2D eigenvalue weighted by Crippen LogP contribution is 2.37. The van der Waals surface area contributed by atoms with E-state index in [9.17, 15) is 4.79 Å². The number of carbonyl (C=O) groups is 1. The van der Waals surface area contributed by atoms with E-state index in [4.69, 9.17) is 14.2 Å². The third-order valence-corrected chi connectivity index (χ3v) is 4.66. The molecule has 2 atom stereocenters. The Morgan fingerprint density at radius 2 is 1.96 bits per heavy atom. The second-order valence-corrected chi connectivity index (χ2v) is 6.54. The van der Waals surface area contributed by atoms with Crippen LogP contribution in [0, 0.1) is 11.8 Å². The summed E-state index contributed by atoms with van der Waals surface area (Å²) < 4.78 is 17.5. The van der Waals surface area contributed by atoms with Gasteiger partial charge in [-0.1, -0.05) is 18.2 Å². The van der Waals surface area contributed by atoms with Gasteiger partial charge in [0, 0.05) is 38.0 Å². The molecule has 4 nitrogen and oxygen atoms in total. The Hall–Kier alpha value is -1.39. The predicted molar refractivity (Wildman–Crippen MR) is 94.4 cm³/mol. The number of hydrogen-bond donors (Lipinski definition) is 0. The molecule has 0 saturated carbocycles. The summed E-state index contributed by atoms with van der Waals surface area (Å²) in [5.41, 5.74) is 2.42. The molecule has 0 aromatic heterocycles. The maximum atomic E-state index is 11.3. The lowest BCUT2D eigenvalue weighted by Crippen LogP contribution is -2.34. The van der Waals surface area contributed by atoms with Gasteiger partial charge in [0.1, 0.15) is 12.4 Å². The molecule has 0 spiro atoms. The van der Waals surface area contributed by atoms with Crippen molar-refractivity contribution in [3.8, 4) is 0 Å². The van der Waals surface area contributed by atoms with Gasteiger partial charge in [0.2, 0.25) is 0 Å². The van der Waals surface area contributed by atoms with Gasteiger partial charge >= 0.3 is 0 Å². The summed E-state index contributed by atoms with van der Waals surface area (Å²) in [7, 11) is 0. The van der Waals surface area contributed by atoms with Crippen LogP contribution in [0.4, 0.5) is 0 Å². The molecule has 0 heterocycles. The lowest BCUT2D eigenvalue weighted by atomic mass is 9.77. The van der Waals surface area contributed by atoms with Crippen LogP contribution in [0.1, 0.15) is 46.5 Å². The summed E-state index contributed by atoms with van der Waals surface area (Å²) in [6.07, 6.45) is 6.95. The van der Waals surface area contributed by atoms with E-state index in [0.29, 0.717) is 32.2 Å². The predicted octanol–water partition coefficient (Wildman–Crippen LogP) is 4.18. The van der Waals surface area contributed by atoms with Gasteiger partial charge in [0.25, 0.3) is 0 Å². The number of carbonyl (C=O) groups excluding carboxylic acids is 1. The van der Waals surface area contributed by atoms with E-state index in [-0.39, 0.29) is 18.0 Å². The Balaban J connectivity index is 2.07. The second-order valence-electron chi connectivity index (χ2n) is 6.54. The maximum Gasteiger partial charge on any atom is 0.164 e. The summed E-state index contributed by atoms with van der Waals surface area (Å²) in [6, 6.07) is 0. The molecule has 0 fully saturated rings. The zero-order chi connectivity index (χ0) is 17.5. The first-order valence-corrected chi connectivity index (χ1v) is 8.99. The van der Waals surface area contributed by atoms with E-state index in [2.05, 4.69) is 19.6 Å². The van der Waals surface area contributed by atoms with Gasteiger partial charge in [0.15, 0.2) is 12.1 Å². The molecular weight excluding hydrogens is 304 g/mol. The minimum atomic E-state index is -0.246. The summed E-state index contributed by atoms with van der Waals surface area (Å²) >= 11 is 0. The average molecular weight is 334 g/mol. The fourth-order valence-electron chi connectivity index (χ4n) is 3.44. The average Bonchev–Trinajstić information content (AvgIpc) is 2.98. The van der Waals surface area contributed by atoms with Crippen molar-refractivity contribution in [3.63, 3.8) is 0 Å². The molecular formula is C20H30O4. The molecule has 2 aliphatic rings. The minimum Gasteiger partial charge on any atom is -0.493 e. The molecule has 134 valence electrons. The molecule has 0 aromatic rings. The van der Waals surface area contributed by atoms with Crippen molar-refractivity contribution < 1.29 is 19.0 Å². The van der Waals surface area contributed by atoms with Gasteiger partial charge in [-0.05, 0) is 45.1 Å². The van der Waals surface area contributed by atoms with Crippen molar-refractivity contribution >= 4 is 5.78 Å². The topological polar surface area (TPSA) is 44.8 Å². The molecule has 4 heteroatoms. The van der Waals surface area contributed by atoms with Crippen LogP contribution in [-0.2, 0) is 19.0 Å². The van der Waals surface area contributed by atoms with Gasteiger partial charge in [-0.15, -0.1) is 0 Å². The van der Waals surface area contributed by atoms with Crippen molar-refractivity contribution in [1.29, 1.82) is 0 Å². The largest absolute Gasteiger partial charge is 0.493 e. The standard InChI is InChI=1S/C20H30O4/c1-5-22-20(23-6-2)19-11-15(7-10-18(19)14(3)4)13-24-17-9-8-16(21)12-17/h11-12,18-20H,3,5-10,13H2,1-2,4H3/t18-,19?/m1/s1. The Bertz CT molecular complexity index is 512. The van der Waals surface area contributed by atoms with E-state index >= 15 is 0 Å².